The summed E-state index contributed by atoms with van der Waals surface area (Å²) in [4.78, 5) is 0. The predicted octanol–water partition coefficient (Wildman–Crippen LogP) is 4.76. The minimum atomic E-state index is -1.93. The van der Waals surface area contributed by atoms with Crippen LogP contribution in [0.2, 0.25) is 18.1 Å². The first kappa shape index (κ1) is 23.1. The van der Waals surface area contributed by atoms with Crippen molar-refractivity contribution in [1.82, 2.24) is 0 Å². The standard InChI is InChI=1S/C20H42O4Si/c1-8-10-12-22-15-16-17(21)14-18(23-13-11-9-2)19(16)24-25(6,7)20(3,4)5/h16-19,21H,8-15H2,1-7H3/t16-,17+,18+,19+/m0/s1. The molecule has 0 bridgehead atoms. The van der Waals surface area contributed by atoms with Crippen LogP contribution in [0.25, 0.3) is 0 Å². The number of aliphatic hydroxyl groups is 1. The first-order valence-corrected chi connectivity index (χ1v) is 13.1. The third-order valence-electron chi connectivity index (χ3n) is 5.78. The Morgan fingerprint density at radius 2 is 1.64 bits per heavy atom. The summed E-state index contributed by atoms with van der Waals surface area (Å²) in [5.41, 5.74) is 0. The second kappa shape index (κ2) is 10.4. The molecule has 4 nitrogen and oxygen atoms in total. The number of hydrogen-bond donors (Lipinski definition) is 1. The Balaban J connectivity index is 2.80. The highest BCUT2D eigenvalue weighted by Gasteiger charge is 2.49. The fourth-order valence-electron chi connectivity index (χ4n) is 2.94. The molecule has 1 aliphatic rings. The van der Waals surface area contributed by atoms with E-state index in [2.05, 4.69) is 47.7 Å². The first-order chi connectivity index (χ1) is 11.6. The molecule has 1 aliphatic carbocycles. The van der Waals surface area contributed by atoms with Gasteiger partial charge in [0.15, 0.2) is 8.32 Å². The first-order valence-electron chi connectivity index (χ1n) is 10.2. The van der Waals surface area contributed by atoms with Gasteiger partial charge in [-0.3, -0.25) is 0 Å². The lowest BCUT2D eigenvalue weighted by Crippen LogP contribution is -2.49. The molecule has 0 aromatic rings. The molecule has 0 heterocycles. The van der Waals surface area contributed by atoms with Gasteiger partial charge in [0, 0.05) is 25.6 Å². The maximum Gasteiger partial charge on any atom is 0.192 e. The van der Waals surface area contributed by atoms with Gasteiger partial charge in [0.1, 0.15) is 0 Å². The van der Waals surface area contributed by atoms with Crippen molar-refractivity contribution in [3.8, 4) is 0 Å². The Labute approximate surface area is 156 Å². The van der Waals surface area contributed by atoms with Crippen LogP contribution in [-0.4, -0.2) is 51.6 Å². The van der Waals surface area contributed by atoms with Crippen molar-refractivity contribution >= 4 is 8.32 Å². The highest BCUT2D eigenvalue weighted by atomic mass is 28.4. The van der Waals surface area contributed by atoms with Crippen molar-refractivity contribution in [1.29, 1.82) is 0 Å². The van der Waals surface area contributed by atoms with E-state index in [1.807, 2.05) is 0 Å². The largest absolute Gasteiger partial charge is 0.411 e. The highest BCUT2D eigenvalue weighted by molar-refractivity contribution is 6.74. The average molecular weight is 375 g/mol. The van der Waals surface area contributed by atoms with Crippen molar-refractivity contribution < 1.29 is 19.0 Å². The third-order valence-corrected chi connectivity index (χ3v) is 10.2. The van der Waals surface area contributed by atoms with Gasteiger partial charge in [-0.2, -0.15) is 0 Å². The fraction of sp³-hybridized carbons (Fsp3) is 1.00. The number of ether oxygens (including phenoxy) is 2. The van der Waals surface area contributed by atoms with Crippen molar-refractivity contribution in [3.05, 3.63) is 0 Å². The molecule has 4 atom stereocenters. The molecule has 1 N–H and O–H groups in total. The van der Waals surface area contributed by atoms with Gasteiger partial charge in [-0.25, -0.2) is 0 Å². The Morgan fingerprint density at radius 3 is 2.20 bits per heavy atom. The third kappa shape index (κ3) is 6.94. The van der Waals surface area contributed by atoms with Gasteiger partial charge in [0.05, 0.1) is 24.9 Å². The summed E-state index contributed by atoms with van der Waals surface area (Å²) in [5.74, 6) is 0.0117. The van der Waals surface area contributed by atoms with Crippen molar-refractivity contribution in [2.45, 2.75) is 103 Å². The molecule has 0 saturated heterocycles. The smallest absolute Gasteiger partial charge is 0.192 e. The van der Waals surface area contributed by atoms with Crippen LogP contribution in [-0.2, 0) is 13.9 Å². The van der Waals surface area contributed by atoms with Crippen LogP contribution in [0.5, 0.6) is 0 Å². The van der Waals surface area contributed by atoms with Gasteiger partial charge in [0.2, 0.25) is 0 Å². The molecule has 0 spiro atoms. The van der Waals surface area contributed by atoms with Crippen LogP contribution in [0.3, 0.4) is 0 Å². The van der Waals surface area contributed by atoms with E-state index in [0.717, 1.165) is 38.9 Å². The van der Waals surface area contributed by atoms with Gasteiger partial charge in [-0.1, -0.05) is 47.5 Å². The summed E-state index contributed by atoms with van der Waals surface area (Å²) in [6, 6.07) is 0. The molecule has 0 aromatic heterocycles. The topological polar surface area (TPSA) is 47.9 Å². The zero-order chi connectivity index (χ0) is 19.1. The Morgan fingerprint density at radius 1 is 1.04 bits per heavy atom. The maximum absolute atomic E-state index is 10.6. The van der Waals surface area contributed by atoms with Gasteiger partial charge in [-0.05, 0) is 31.0 Å². The van der Waals surface area contributed by atoms with E-state index in [-0.39, 0.29) is 23.2 Å². The molecule has 0 aromatic carbocycles. The summed E-state index contributed by atoms with van der Waals surface area (Å²) >= 11 is 0. The summed E-state index contributed by atoms with van der Waals surface area (Å²) in [5, 5.41) is 10.8. The van der Waals surface area contributed by atoms with Crippen molar-refractivity contribution in [2.75, 3.05) is 19.8 Å². The van der Waals surface area contributed by atoms with Crippen LogP contribution in [0.4, 0.5) is 0 Å². The van der Waals surface area contributed by atoms with E-state index in [9.17, 15) is 5.11 Å². The molecule has 0 unspecified atom stereocenters. The van der Waals surface area contributed by atoms with E-state index < -0.39 is 14.4 Å². The van der Waals surface area contributed by atoms with Crippen molar-refractivity contribution in [2.24, 2.45) is 5.92 Å². The molecule has 0 radical (unpaired) electrons. The van der Waals surface area contributed by atoms with Gasteiger partial charge >= 0.3 is 0 Å². The van der Waals surface area contributed by atoms with Crippen LogP contribution in [0, 0.1) is 5.92 Å². The zero-order valence-corrected chi connectivity index (χ0v) is 18.6. The molecule has 150 valence electrons. The Bertz CT molecular complexity index is 367. The molecule has 1 rings (SSSR count). The van der Waals surface area contributed by atoms with Crippen LogP contribution in [0.1, 0.15) is 66.7 Å². The predicted molar refractivity (Wildman–Crippen MR) is 107 cm³/mol. The molecule has 1 fully saturated rings. The fourth-order valence-corrected chi connectivity index (χ4v) is 4.30. The number of hydrogen-bond acceptors (Lipinski definition) is 4. The van der Waals surface area contributed by atoms with E-state index in [4.69, 9.17) is 13.9 Å². The molecule has 0 amide bonds. The van der Waals surface area contributed by atoms with Gasteiger partial charge < -0.3 is 19.0 Å². The van der Waals surface area contributed by atoms with Crippen LogP contribution in [0.15, 0.2) is 0 Å². The summed E-state index contributed by atoms with van der Waals surface area (Å²) in [6.07, 6.45) is 4.54. The maximum atomic E-state index is 10.6. The zero-order valence-electron chi connectivity index (χ0n) is 17.6. The summed E-state index contributed by atoms with van der Waals surface area (Å²) in [6.45, 7) is 17.7. The molecule has 1 saturated carbocycles. The second-order valence-corrected chi connectivity index (χ2v) is 13.8. The average Bonchev–Trinajstić information content (AvgIpc) is 2.78. The molecule has 0 aliphatic heterocycles. The van der Waals surface area contributed by atoms with E-state index >= 15 is 0 Å². The van der Waals surface area contributed by atoms with E-state index in [1.165, 1.54) is 0 Å². The number of unbranched alkanes of at least 4 members (excludes halogenated alkanes) is 2. The molecular weight excluding hydrogens is 332 g/mol. The lowest BCUT2D eigenvalue weighted by atomic mass is 10.1. The van der Waals surface area contributed by atoms with E-state index in [1.54, 1.807) is 0 Å². The summed E-state index contributed by atoms with van der Waals surface area (Å²) in [7, 11) is -1.93. The highest BCUT2D eigenvalue weighted by Crippen LogP contribution is 2.41. The van der Waals surface area contributed by atoms with E-state index in [0.29, 0.717) is 13.0 Å². The summed E-state index contributed by atoms with van der Waals surface area (Å²) < 4.78 is 18.7. The second-order valence-electron chi connectivity index (χ2n) is 9.00. The minimum absolute atomic E-state index is 0.0117. The van der Waals surface area contributed by atoms with Crippen LogP contribution < -0.4 is 0 Å². The normalized spacial score (nSPS) is 27.8. The Kier molecular flexibility index (Phi) is 9.61. The number of rotatable bonds is 11. The monoisotopic (exact) mass is 374 g/mol. The Hall–Kier alpha value is 0.0569. The van der Waals surface area contributed by atoms with Crippen molar-refractivity contribution in [3.63, 3.8) is 0 Å². The quantitative estimate of drug-likeness (QED) is 0.418. The van der Waals surface area contributed by atoms with Gasteiger partial charge in [-0.15, -0.1) is 0 Å². The lowest BCUT2D eigenvalue weighted by molar-refractivity contribution is -0.0447. The van der Waals surface area contributed by atoms with Gasteiger partial charge in [0.25, 0.3) is 0 Å². The SMILES string of the molecule is CCCCOC[C@@H]1[C@@H](O[Si](C)(C)C(C)(C)C)[C@H](OCCCC)C[C@H]1O. The van der Waals surface area contributed by atoms with Crippen LogP contribution >= 0.6 is 0 Å². The minimum Gasteiger partial charge on any atom is -0.411 e. The molecular formula is C20H42O4Si. The number of aliphatic hydroxyl groups excluding tert-OH is 1. The lowest BCUT2D eigenvalue weighted by Gasteiger charge is -2.41. The molecule has 25 heavy (non-hydrogen) atoms. The molecule has 5 heteroatoms.